The van der Waals surface area contributed by atoms with Crippen LogP contribution in [-0.4, -0.2) is 33.3 Å². The highest BCUT2D eigenvalue weighted by atomic mass is 16.3. The Kier molecular flexibility index (Phi) is 4.57. The zero-order valence-electron chi connectivity index (χ0n) is 13.8. The molecule has 1 fully saturated rings. The molecular formula is C20H19NO4. The van der Waals surface area contributed by atoms with Crippen LogP contribution in [-0.2, 0) is 9.59 Å². The van der Waals surface area contributed by atoms with Gasteiger partial charge in [0.25, 0.3) is 11.7 Å². The summed E-state index contributed by atoms with van der Waals surface area (Å²) in [5, 5.41) is 20.5. The molecule has 3 rings (SSSR count). The number of nitrogens with zero attached hydrogens (tertiary/aromatic N) is 1. The Morgan fingerprint density at radius 1 is 1.08 bits per heavy atom. The number of rotatable bonds is 4. The molecule has 2 N–H and O–H groups in total. The van der Waals surface area contributed by atoms with Crippen LogP contribution in [0.25, 0.3) is 5.76 Å². The standard InChI is InChI=1S/C20H19NO4/c1-2-11-21-17(14-9-6-10-15(22)12-14)16(19(24)20(21)25)18(23)13-7-4-3-5-8-13/h3-10,12,17,22-23H,2,11H2,1H3/b18-16-. The van der Waals surface area contributed by atoms with Gasteiger partial charge < -0.3 is 15.1 Å². The van der Waals surface area contributed by atoms with E-state index in [9.17, 15) is 19.8 Å². The third-order valence-electron chi connectivity index (χ3n) is 4.24. The second kappa shape index (κ2) is 6.81. The number of phenols is 1. The summed E-state index contributed by atoms with van der Waals surface area (Å²) >= 11 is 0. The summed E-state index contributed by atoms with van der Waals surface area (Å²) < 4.78 is 0. The second-order valence-electron chi connectivity index (χ2n) is 5.95. The molecule has 25 heavy (non-hydrogen) atoms. The van der Waals surface area contributed by atoms with Crippen LogP contribution in [0.1, 0.15) is 30.5 Å². The fourth-order valence-corrected chi connectivity index (χ4v) is 3.14. The first-order chi connectivity index (χ1) is 12.0. The summed E-state index contributed by atoms with van der Waals surface area (Å²) in [6, 6.07) is 14.4. The monoisotopic (exact) mass is 337 g/mol. The number of aliphatic hydroxyl groups excluding tert-OH is 1. The number of aliphatic hydroxyl groups is 1. The van der Waals surface area contributed by atoms with E-state index >= 15 is 0 Å². The van der Waals surface area contributed by atoms with E-state index in [-0.39, 0.29) is 17.1 Å². The molecule has 0 spiro atoms. The van der Waals surface area contributed by atoms with Crippen molar-refractivity contribution in [1.29, 1.82) is 0 Å². The molecule has 1 aliphatic rings. The Morgan fingerprint density at radius 3 is 2.44 bits per heavy atom. The van der Waals surface area contributed by atoms with Gasteiger partial charge >= 0.3 is 0 Å². The number of phenolic OH excluding ortho intramolecular Hbond substituents is 1. The number of carbonyl (C=O) groups excluding carboxylic acids is 2. The Hall–Kier alpha value is -3.08. The van der Waals surface area contributed by atoms with Gasteiger partial charge in [-0.1, -0.05) is 49.4 Å². The number of Topliss-reactive ketones (excluding diaryl/α,β-unsaturated/α-hetero) is 1. The number of amides is 1. The lowest BCUT2D eigenvalue weighted by atomic mass is 9.95. The van der Waals surface area contributed by atoms with Crippen molar-refractivity contribution in [2.75, 3.05) is 6.54 Å². The molecule has 0 saturated carbocycles. The van der Waals surface area contributed by atoms with Crippen LogP contribution in [0.5, 0.6) is 5.75 Å². The minimum absolute atomic E-state index is 0.0410. The molecule has 0 bridgehead atoms. The molecule has 0 aliphatic carbocycles. The van der Waals surface area contributed by atoms with E-state index in [0.29, 0.717) is 24.1 Å². The van der Waals surface area contributed by atoms with Crippen LogP contribution in [0.4, 0.5) is 0 Å². The van der Waals surface area contributed by atoms with E-state index in [1.165, 1.54) is 17.0 Å². The largest absolute Gasteiger partial charge is 0.508 e. The maximum atomic E-state index is 12.6. The number of benzene rings is 2. The van der Waals surface area contributed by atoms with Gasteiger partial charge in [-0.15, -0.1) is 0 Å². The van der Waals surface area contributed by atoms with Crippen molar-refractivity contribution in [3.8, 4) is 5.75 Å². The molecule has 0 aromatic heterocycles. The molecule has 1 unspecified atom stereocenters. The number of hydrogen-bond donors (Lipinski definition) is 2. The van der Waals surface area contributed by atoms with E-state index in [4.69, 9.17) is 0 Å². The minimum Gasteiger partial charge on any atom is -0.508 e. The third-order valence-corrected chi connectivity index (χ3v) is 4.24. The van der Waals surface area contributed by atoms with Crippen molar-refractivity contribution in [3.05, 3.63) is 71.3 Å². The van der Waals surface area contributed by atoms with E-state index in [1.54, 1.807) is 42.5 Å². The SMILES string of the molecule is CCCN1C(=O)C(=O)/C(=C(\O)c2ccccc2)C1c1cccc(O)c1. The van der Waals surface area contributed by atoms with E-state index in [2.05, 4.69) is 0 Å². The smallest absolute Gasteiger partial charge is 0.295 e. The number of ketones is 1. The molecule has 1 aliphatic heterocycles. The number of likely N-dealkylation sites (tertiary alicyclic amines) is 1. The number of aromatic hydroxyl groups is 1. The van der Waals surface area contributed by atoms with Crippen LogP contribution < -0.4 is 0 Å². The van der Waals surface area contributed by atoms with Gasteiger partial charge in [-0.05, 0) is 24.1 Å². The Bertz CT molecular complexity index is 842. The number of carbonyl (C=O) groups is 2. The Balaban J connectivity index is 2.20. The molecule has 2 aromatic rings. The van der Waals surface area contributed by atoms with E-state index in [1.807, 2.05) is 6.92 Å². The van der Waals surface area contributed by atoms with Crippen LogP contribution in [0.15, 0.2) is 60.2 Å². The highest BCUT2D eigenvalue weighted by Gasteiger charge is 2.45. The fraction of sp³-hybridized carbons (Fsp3) is 0.200. The zero-order valence-corrected chi connectivity index (χ0v) is 13.8. The van der Waals surface area contributed by atoms with Gasteiger partial charge in [0.1, 0.15) is 11.5 Å². The minimum atomic E-state index is -0.716. The summed E-state index contributed by atoms with van der Waals surface area (Å²) in [6.07, 6.45) is 0.674. The molecule has 1 atom stereocenters. The topological polar surface area (TPSA) is 77.8 Å². The zero-order chi connectivity index (χ0) is 18.0. The van der Waals surface area contributed by atoms with Crippen molar-refractivity contribution < 1.29 is 19.8 Å². The molecule has 1 saturated heterocycles. The molecule has 0 radical (unpaired) electrons. The summed E-state index contributed by atoms with van der Waals surface area (Å²) in [7, 11) is 0. The van der Waals surface area contributed by atoms with Crippen molar-refractivity contribution >= 4 is 17.4 Å². The van der Waals surface area contributed by atoms with Gasteiger partial charge in [0.2, 0.25) is 0 Å². The predicted molar refractivity (Wildman–Crippen MR) is 93.8 cm³/mol. The van der Waals surface area contributed by atoms with Crippen LogP contribution >= 0.6 is 0 Å². The molecular weight excluding hydrogens is 318 g/mol. The quantitative estimate of drug-likeness (QED) is 0.510. The average molecular weight is 337 g/mol. The molecule has 5 heteroatoms. The predicted octanol–water partition coefficient (Wildman–Crippen LogP) is 3.22. The van der Waals surface area contributed by atoms with Crippen LogP contribution in [0.2, 0.25) is 0 Å². The van der Waals surface area contributed by atoms with Gasteiger partial charge in [-0.25, -0.2) is 0 Å². The lowest BCUT2D eigenvalue weighted by molar-refractivity contribution is -0.139. The summed E-state index contributed by atoms with van der Waals surface area (Å²) in [6.45, 7) is 2.30. The molecule has 128 valence electrons. The number of hydrogen-bond acceptors (Lipinski definition) is 4. The molecule has 1 amide bonds. The van der Waals surface area contributed by atoms with Gasteiger partial charge in [0.15, 0.2) is 0 Å². The highest BCUT2D eigenvalue weighted by molar-refractivity contribution is 6.46. The highest BCUT2D eigenvalue weighted by Crippen LogP contribution is 2.40. The summed E-state index contributed by atoms with van der Waals surface area (Å²) in [5.41, 5.74) is 1.11. The van der Waals surface area contributed by atoms with Crippen LogP contribution in [0, 0.1) is 0 Å². The third kappa shape index (κ3) is 3.01. The van der Waals surface area contributed by atoms with E-state index in [0.717, 1.165) is 0 Å². The van der Waals surface area contributed by atoms with Crippen molar-refractivity contribution in [3.63, 3.8) is 0 Å². The average Bonchev–Trinajstić information content (AvgIpc) is 2.87. The van der Waals surface area contributed by atoms with Crippen molar-refractivity contribution in [1.82, 2.24) is 4.90 Å². The first kappa shape index (κ1) is 16.8. The van der Waals surface area contributed by atoms with Gasteiger partial charge in [-0.2, -0.15) is 0 Å². The van der Waals surface area contributed by atoms with Gasteiger partial charge in [-0.3, -0.25) is 9.59 Å². The lowest BCUT2D eigenvalue weighted by Crippen LogP contribution is -2.30. The molecule has 5 nitrogen and oxygen atoms in total. The summed E-state index contributed by atoms with van der Waals surface area (Å²) in [5.74, 6) is -1.50. The van der Waals surface area contributed by atoms with Crippen LogP contribution in [0.3, 0.4) is 0 Å². The van der Waals surface area contributed by atoms with Crippen molar-refractivity contribution in [2.45, 2.75) is 19.4 Å². The maximum Gasteiger partial charge on any atom is 0.295 e. The normalized spacial score (nSPS) is 19.4. The van der Waals surface area contributed by atoms with Gasteiger partial charge in [0, 0.05) is 12.1 Å². The Labute approximate surface area is 145 Å². The summed E-state index contributed by atoms with van der Waals surface area (Å²) in [4.78, 5) is 26.5. The lowest BCUT2D eigenvalue weighted by Gasteiger charge is -2.24. The first-order valence-corrected chi connectivity index (χ1v) is 8.17. The molecule has 2 aromatic carbocycles. The second-order valence-corrected chi connectivity index (χ2v) is 5.95. The maximum absolute atomic E-state index is 12.6. The fourth-order valence-electron chi connectivity index (χ4n) is 3.14. The van der Waals surface area contributed by atoms with Crippen molar-refractivity contribution in [2.24, 2.45) is 0 Å². The van der Waals surface area contributed by atoms with E-state index < -0.39 is 17.7 Å². The first-order valence-electron chi connectivity index (χ1n) is 8.17. The molecule has 1 heterocycles. The van der Waals surface area contributed by atoms with Gasteiger partial charge in [0.05, 0.1) is 11.6 Å². The Morgan fingerprint density at radius 2 is 1.80 bits per heavy atom.